The van der Waals surface area contributed by atoms with Crippen molar-refractivity contribution >= 4 is 16.8 Å². The summed E-state index contributed by atoms with van der Waals surface area (Å²) in [4.78, 5) is 17.3. The molecule has 0 spiro atoms. The Kier molecular flexibility index (Phi) is 3.67. The van der Waals surface area contributed by atoms with Crippen LogP contribution in [0.5, 0.6) is 0 Å². The van der Waals surface area contributed by atoms with Gasteiger partial charge in [0.2, 0.25) is 0 Å². The van der Waals surface area contributed by atoms with Crippen molar-refractivity contribution in [3.05, 3.63) is 71.7 Å². The molecular weight excluding hydrogens is 279 g/mol. The van der Waals surface area contributed by atoms with Crippen molar-refractivity contribution in [1.29, 1.82) is 0 Å². The smallest absolute Gasteiger partial charge is 0.270 e. The van der Waals surface area contributed by atoms with Gasteiger partial charge >= 0.3 is 0 Å². The van der Waals surface area contributed by atoms with Gasteiger partial charge in [-0.2, -0.15) is 0 Å². The maximum Gasteiger partial charge on any atom is 0.270 e. The monoisotopic (exact) mass is 296 g/mol. The number of nitrogens with zero attached hydrogens (tertiary/aromatic N) is 1. The van der Waals surface area contributed by atoms with Crippen molar-refractivity contribution in [2.45, 2.75) is 13.0 Å². The van der Waals surface area contributed by atoms with Crippen LogP contribution in [0.25, 0.3) is 10.9 Å². The standard InChI is InChI=1S/C18H17FN2O/c1-12(13-6-4-3-5-7-13)21(2)18(22)17-11-14-10-15(19)8-9-16(14)20-17/h3-12,20H,1-2H3. The van der Waals surface area contributed by atoms with Gasteiger partial charge in [-0.1, -0.05) is 30.3 Å². The molecule has 1 heterocycles. The molecule has 0 fully saturated rings. The zero-order chi connectivity index (χ0) is 15.7. The highest BCUT2D eigenvalue weighted by atomic mass is 19.1. The van der Waals surface area contributed by atoms with Crippen LogP contribution in [0.4, 0.5) is 4.39 Å². The molecule has 0 aliphatic rings. The van der Waals surface area contributed by atoms with E-state index in [4.69, 9.17) is 0 Å². The van der Waals surface area contributed by atoms with Gasteiger partial charge in [-0.05, 0) is 36.8 Å². The fourth-order valence-electron chi connectivity index (χ4n) is 2.54. The van der Waals surface area contributed by atoms with Crippen LogP contribution < -0.4 is 0 Å². The average Bonchev–Trinajstić information content (AvgIpc) is 2.96. The molecular formula is C18H17FN2O. The Morgan fingerprint density at radius 2 is 1.86 bits per heavy atom. The summed E-state index contributed by atoms with van der Waals surface area (Å²) >= 11 is 0. The first-order chi connectivity index (χ1) is 10.6. The van der Waals surface area contributed by atoms with Gasteiger partial charge in [0.15, 0.2) is 0 Å². The highest BCUT2D eigenvalue weighted by Gasteiger charge is 2.20. The van der Waals surface area contributed by atoms with Crippen molar-refractivity contribution in [2.24, 2.45) is 0 Å². The van der Waals surface area contributed by atoms with Gasteiger partial charge < -0.3 is 9.88 Å². The number of carbonyl (C=O) groups is 1. The number of carbonyl (C=O) groups excluding carboxylic acids is 1. The molecule has 2 aromatic carbocycles. The lowest BCUT2D eigenvalue weighted by Gasteiger charge is -2.24. The summed E-state index contributed by atoms with van der Waals surface area (Å²) in [6.45, 7) is 1.98. The van der Waals surface area contributed by atoms with Crippen molar-refractivity contribution < 1.29 is 9.18 Å². The molecule has 0 saturated carbocycles. The molecule has 0 aliphatic carbocycles. The van der Waals surface area contributed by atoms with Gasteiger partial charge in [-0.25, -0.2) is 4.39 Å². The number of benzene rings is 2. The predicted molar refractivity (Wildman–Crippen MR) is 85.2 cm³/mol. The second-order valence-corrected chi connectivity index (χ2v) is 5.42. The van der Waals surface area contributed by atoms with Crippen LogP contribution in [-0.2, 0) is 0 Å². The van der Waals surface area contributed by atoms with Gasteiger partial charge in [0.1, 0.15) is 11.5 Å². The molecule has 4 heteroatoms. The number of hydrogen-bond donors (Lipinski definition) is 1. The number of amides is 1. The summed E-state index contributed by atoms with van der Waals surface area (Å²) in [5.41, 5.74) is 2.29. The van der Waals surface area contributed by atoms with Gasteiger partial charge in [-0.15, -0.1) is 0 Å². The zero-order valence-electron chi connectivity index (χ0n) is 12.5. The summed E-state index contributed by atoms with van der Waals surface area (Å²) in [7, 11) is 1.77. The minimum atomic E-state index is -0.309. The molecule has 3 nitrogen and oxygen atoms in total. The molecule has 1 amide bonds. The second-order valence-electron chi connectivity index (χ2n) is 5.42. The quantitative estimate of drug-likeness (QED) is 0.774. The third-order valence-electron chi connectivity index (χ3n) is 4.00. The molecule has 0 saturated heterocycles. The Morgan fingerprint density at radius 3 is 2.59 bits per heavy atom. The largest absolute Gasteiger partial charge is 0.351 e. The highest BCUT2D eigenvalue weighted by molar-refractivity contribution is 5.98. The number of fused-ring (bicyclic) bond motifs is 1. The number of aromatic nitrogens is 1. The average molecular weight is 296 g/mol. The fourth-order valence-corrected chi connectivity index (χ4v) is 2.54. The topological polar surface area (TPSA) is 36.1 Å². The van der Waals surface area contributed by atoms with Crippen molar-refractivity contribution in [1.82, 2.24) is 9.88 Å². The van der Waals surface area contributed by atoms with Crippen LogP contribution in [0.15, 0.2) is 54.6 Å². The first kappa shape index (κ1) is 14.3. The minimum absolute atomic E-state index is 0.0446. The van der Waals surface area contributed by atoms with E-state index in [1.807, 2.05) is 37.3 Å². The summed E-state index contributed by atoms with van der Waals surface area (Å²) < 4.78 is 13.2. The molecule has 3 aromatic rings. The third-order valence-corrected chi connectivity index (χ3v) is 4.00. The van der Waals surface area contributed by atoms with E-state index in [0.29, 0.717) is 11.1 Å². The molecule has 0 radical (unpaired) electrons. The molecule has 112 valence electrons. The van der Waals surface area contributed by atoms with E-state index in [-0.39, 0.29) is 17.8 Å². The lowest BCUT2D eigenvalue weighted by atomic mass is 10.1. The number of rotatable bonds is 3. The zero-order valence-corrected chi connectivity index (χ0v) is 12.5. The van der Waals surface area contributed by atoms with Crippen LogP contribution >= 0.6 is 0 Å². The molecule has 0 aliphatic heterocycles. The Balaban J connectivity index is 1.88. The highest BCUT2D eigenvalue weighted by Crippen LogP contribution is 2.22. The normalized spacial score (nSPS) is 12.3. The molecule has 1 unspecified atom stereocenters. The van der Waals surface area contributed by atoms with Gasteiger partial charge in [-0.3, -0.25) is 4.79 Å². The SMILES string of the molecule is CC(c1ccccc1)N(C)C(=O)c1cc2cc(F)ccc2[nH]1. The van der Waals surface area contributed by atoms with Crippen LogP contribution in [0.1, 0.15) is 29.0 Å². The second kappa shape index (κ2) is 5.64. The van der Waals surface area contributed by atoms with Crippen LogP contribution in [0.3, 0.4) is 0 Å². The molecule has 3 rings (SSSR count). The number of aromatic amines is 1. The van der Waals surface area contributed by atoms with Gasteiger partial charge in [0.25, 0.3) is 5.91 Å². The van der Waals surface area contributed by atoms with E-state index in [9.17, 15) is 9.18 Å². The summed E-state index contributed by atoms with van der Waals surface area (Å²) in [6, 6.07) is 15.9. The summed E-state index contributed by atoms with van der Waals surface area (Å²) in [5.74, 6) is -0.426. The van der Waals surface area contributed by atoms with Gasteiger partial charge in [0.05, 0.1) is 6.04 Å². The Morgan fingerprint density at radius 1 is 1.14 bits per heavy atom. The number of nitrogens with one attached hydrogen (secondary N) is 1. The van der Waals surface area contributed by atoms with Crippen LogP contribution in [-0.4, -0.2) is 22.8 Å². The molecule has 1 N–H and O–H groups in total. The van der Waals surface area contributed by atoms with E-state index in [1.54, 1.807) is 24.1 Å². The molecule has 1 atom stereocenters. The van der Waals surface area contributed by atoms with Gasteiger partial charge in [0, 0.05) is 18.0 Å². The van der Waals surface area contributed by atoms with E-state index < -0.39 is 0 Å². The summed E-state index contributed by atoms with van der Waals surface area (Å²) in [5, 5.41) is 0.698. The minimum Gasteiger partial charge on any atom is -0.351 e. The van der Waals surface area contributed by atoms with E-state index in [0.717, 1.165) is 11.1 Å². The molecule has 22 heavy (non-hydrogen) atoms. The first-order valence-corrected chi connectivity index (χ1v) is 7.16. The molecule has 0 bridgehead atoms. The number of hydrogen-bond acceptors (Lipinski definition) is 1. The summed E-state index contributed by atoms with van der Waals surface area (Å²) in [6.07, 6.45) is 0. The van der Waals surface area contributed by atoms with E-state index in [2.05, 4.69) is 4.98 Å². The fraction of sp³-hybridized carbons (Fsp3) is 0.167. The van der Waals surface area contributed by atoms with Crippen molar-refractivity contribution in [3.8, 4) is 0 Å². The lowest BCUT2D eigenvalue weighted by molar-refractivity contribution is 0.0737. The Labute approximate surface area is 128 Å². The lowest BCUT2D eigenvalue weighted by Crippen LogP contribution is -2.29. The maximum atomic E-state index is 13.2. The Bertz CT molecular complexity index is 810. The number of halogens is 1. The van der Waals surface area contributed by atoms with Crippen molar-refractivity contribution in [2.75, 3.05) is 7.05 Å². The molecule has 1 aromatic heterocycles. The maximum absolute atomic E-state index is 13.2. The third kappa shape index (κ3) is 2.60. The predicted octanol–water partition coefficient (Wildman–Crippen LogP) is 4.14. The van der Waals surface area contributed by atoms with E-state index in [1.165, 1.54) is 12.1 Å². The van der Waals surface area contributed by atoms with Crippen LogP contribution in [0, 0.1) is 5.82 Å². The Hall–Kier alpha value is -2.62. The van der Waals surface area contributed by atoms with Crippen molar-refractivity contribution in [3.63, 3.8) is 0 Å². The van der Waals surface area contributed by atoms with Crippen LogP contribution in [0.2, 0.25) is 0 Å². The first-order valence-electron chi connectivity index (χ1n) is 7.16. The van der Waals surface area contributed by atoms with E-state index >= 15 is 0 Å². The number of H-pyrrole nitrogens is 1.